The quantitative estimate of drug-likeness (QED) is 0.370. The predicted molar refractivity (Wildman–Crippen MR) is 131 cm³/mol. The van der Waals surface area contributed by atoms with Gasteiger partial charge in [0.2, 0.25) is 5.91 Å². The van der Waals surface area contributed by atoms with Gasteiger partial charge in [-0.1, -0.05) is 55.8 Å². The van der Waals surface area contributed by atoms with Crippen LogP contribution in [0.25, 0.3) is 6.08 Å². The van der Waals surface area contributed by atoms with Gasteiger partial charge in [0.25, 0.3) is 0 Å². The van der Waals surface area contributed by atoms with Crippen molar-refractivity contribution in [2.24, 2.45) is 0 Å². The van der Waals surface area contributed by atoms with Crippen molar-refractivity contribution < 1.29 is 14.3 Å². The summed E-state index contributed by atoms with van der Waals surface area (Å²) in [4.78, 5) is 12.3. The standard InChI is InChI=1S/C28H31NO3/c1-4-5-9-22-11-15-25(16-12-22)29-28(30)18-14-23-13-17-26(27(19-23)31-3)32-20-24-10-7-6-8-21(24)2/h6-8,10-19H,4-5,9,20H2,1-3H3,(H,29,30). The number of hydrogen-bond acceptors (Lipinski definition) is 3. The number of aryl methyl sites for hydroxylation is 2. The highest BCUT2D eigenvalue weighted by atomic mass is 16.5. The average Bonchev–Trinajstić information content (AvgIpc) is 2.82. The second-order valence-corrected chi connectivity index (χ2v) is 7.75. The molecule has 0 heterocycles. The van der Waals surface area contributed by atoms with Gasteiger partial charge < -0.3 is 14.8 Å². The van der Waals surface area contributed by atoms with Crippen LogP contribution in [0.4, 0.5) is 5.69 Å². The Morgan fingerprint density at radius 3 is 2.50 bits per heavy atom. The van der Waals surface area contributed by atoms with Crippen LogP contribution in [-0.2, 0) is 17.8 Å². The van der Waals surface area contributed by atoms with Crippen LogP contribution in [0.3, 0.4) is 0 Å². The molecule has 0 aliphatic carbocycles. The lowest BCUT2D eigenvalue weighted by Crippen LogP contribution is -2.07. The van der Waals surface area contributed by atoms with Crippen LogP contribution < -0.4 is 14.8 Å². The summed E-state index contributed by atoms with van der Waals surface area (Å²) in [5.41, 5.74) is 5.26. The van der Waals surface area contributed by atoms with E-state index in [1.165, 1.54) is 30.0 Å². The van der Waals surface area contributed by atoms with Crippen LogP contribution in [0.5, 0.6) is 11.5 Å². The molecule has 3 rings (SSSR count). The first-order chi connectivity index (χ1) is 15.6. The first kappa shape index (κ1) is 23.1. The van der Waals surface area contributed by atoms with E-state index in [-0.39, 0.29) is 5.91 Å². The number of methoxy groups -OCH3 is 1. The van der Waals surface area contributed by atoms with Crippen LogP contribution in [0.15, 0.2) is 72.8 Å². The number of nitrogens with one attached hydrogen (secondary N) is 1. The number of anilines is 1. The van der Waals surface area contributed by atoms with Gasteiger partial charge in [-0.3, -0.25) is 4.79 Å². The highest BCUT2D eigenvalue weighted by molar-refractivity contribution is 6.01. The van der Waals surface area contributed by atoms with E-state index < -0.39 is 0 Å². The van der Waals surface area contributed by atoms with Gasteiger partial charge in [0.05, 0.1) is 7.11 Å². The summed E-state index contributed by atoms with van der Waals surface area (Å²) in [6.45, 7) is 4.72. The summed E-state index contributed by atoms with van der Waals surface area (Å²) in [5, 5.41) is 2.90. The molecule has 0 aliphatic heterocycles. The molecule has 4 nitrogen and oxygen atoms in total. The maximum Gasteiger partial charge on any atom is 0.248 e. The third kappa shape index (κ3) is 6.74. The molecule has 3 aromatic rings. The number of hydrogen-bond donors (Lipinski definition) is 1. The SMILES string of the molecule is CCCCc1ccc(NC(=O)C=Cc2ccc(OCc3ccccc3C)c(OC)c2)cc1. The van der Waals surface area contributed by atoms with Crippen molar-refractivity contribution in [1.82, 2.24) is 0 Å². The van der Waals surface area contributed by atoms with Gasteiger partial charge in [0, 0.05) is 11.8 Å². The second-order valence-electron chi connectivity index (χ2n) is 7.75. The monoisotopic (exact) mass is 429 g/mol. The lowest BCUT2D eigenvalue weighted by Gasteiger charge is -2.12. The van der Waals surface area contributed by atoms with Crippen molar-refractivity contribution in [3.8, 4) is 11.5 Å². The molecule has 1 amide bonds. The maximum absolute atomic E-state index is 12.3. The third-order valence-electron chi connectivity index (χ3n) is 5.30. The molecule has 3 aromatic carbocycles. The van der Waals surface area contributed by atoms with Crippen LogP contribution in [0, 0.1) is 6.92 Å². The Balaban J connectivity index is 1.59. The van der Waals surface area contributed by atoms with Crippen molar-refractivity contribution >= 4 is 17.7 Å². The maximum atomic E-state index is 12.3. The molecule has 1 N–H and O–H groups in total. The van der Waals surface area contributed by atoms with E-state index in [9.17, 15) is 4.79 Å². The molecule has 0 saturated carbocycles. The van der Waals surface area contributed by atoms with Crippen LogP contribution >= 0.6 is 0 Å². The number of benzene rings is 3. The fourth-order valence-electron chi connectivity index (χ4n) is 3.33. The largest absolute Gasteiger partial charge is 0.493 e. The van der Waals surface area contributed by atoms with E-state index in [0.717, 1.165) is 23.2 Å². The Bertz CT molecular complexity index is 1050. The summed E-state index contributed by atoms with van der Waals surface area (Å²) in [5.74, 6) is 1.12. The molecular formula is C28H31NO3. The van der Waals surface area contributed by atoms with Crippen molar-refractivity contribution in [1.29, 1.82) is 0 Å². The Morgan fingerprint density at radius 2 is 1.78 bits per heavy atom. The van der Waals surface area contributed by atoms with Gasteiger partial charge in [0.1, 0.15) is 6.61 Å². The lowest BCUT2D eigenvalue weighted by atomic mass is 10.1. The molecule has 0 bridgehead atoms. The van der Waals surface area contributed by atoms with Crippen LogP contribution in [0.2, 0.25) is 0 Å². The zero-order valence-corrected chi connectivity index (χ0v) is 19.1. The highest BCUT2D eigenvalue weighted by Gasteiger charge is 2.07. The Hall–Kier alpha value is -3.53. The van der Waals surface area contributed by atoms with Gasteiger partial charge >= 0.3 is 0 Å². The topological polar surface area (TPSA) is 47.6 Å². The van der Waals surface area contributed by atoms with Crippen molar-refractivity contribution in [3.63, 3.8) is 0 Å². The van der Waals surface area contributed by atoms with Crippen molar-refractivity contribution in [2.45, 2.75) is 39.7 Å². The normalized spacial score (nSPS) is 10.8. The fraction of sp³-hybridized carbons (Fsp3) is 0.250. The van der Waals surface area contributed by atoms with E-state index in [4.69, 9.17) is 9.47 Å². The van der Waals surface area contributed by atoms with Crippen molar-refractivity contribution in [2.75, 3.05) is 12.4 Å². The Morgan fingerprint density at radius 1 is 1.00 bits per heavy atom. The van der Waals surface area contributed by atoms with E-state index in [0.29, 0.717) is 18.1 Å². The molecule has 0 unspecified atom stereocenters. The average molecular weight is 430 g/mol. The van der Waals surface area contributed by atoms with Gasteiger partial charge in [-0.05, 0) is 72.4 Å². The molecule has 0 aliphatic rings. The molecular weight excluding hydrogens is 398 g/mol. The van der Waals surface area contributed by atoms with Gasteiger partial charge in [-0.15, -0.1) is 0 Å². The molecule has 32 heavy (non-hydrogen) atoms. The smallest absolute Gasteiger partial charge is 0.248 e. The molecule has 0 aromatic heterocycles. The van der Waals surface area contributed by atoms with E-state index >= 15 is 0 Å². The van der Waals surface area contributed by atoms with E-state index in [1.54, 1.807) is 13.2 Å². The number of carbonyl (C=O) groups excluding carboxylic acids is 1. The highest BCUT2D eigenvalue weighted by Crippen LogP contribution is 2.29. The summed E-state index contributed by atoms with van der Waals surface area (Å²) in [6, 6.07) is 21.8. The summed E-state index contributed by atoms with van der Waals surface area (Å²) >= 11 is 0. The second kappa shape index (κ2) is 11.8. The minimum Gasteiger partial charge on any atom is -0.493 e. The molecule has 0 fully saturated rings. The van der Waals surface area contributed by atoms with Crippen LogP contribution in [-0.4, -0.2) is 13.0 Å². The molecule has 166 valence electrons. The van der Waals surface area contributed by atoms with E-state index in [2.05, 4.69) is 43.4 Å². The minimum absolute atomic E-state index is 0.176. The molecule has 0 radical (unpaired) electrons. The summed E-state index contributed by atoms with van der Waals surface area (Å²) < 4.78 is 11.4. The van der Waals surface area contributed by atoms with Crippen LogP contribution in [0.1, 0.15) is 42.0 Å². The molecule has 0 saturated heterocycles. The number of carbonyl (C=O) groups is 1. The minimum atomic E-state index is -0.176. The summed E-state index contributed by atoms with van der Waals surface area (Å²) in [6.07, 6.45) is 6.70. The van der Waals surface area contributed by atoms with Gasteiger partial charge in [-0.25, -0.2) is 0 Å². The first-order valence-electron chi connectivity index (χ1n) is 11.0. The fourth-order valence-corrected chi connectivity index (χ4v) is 3.33. The first-order valence-corrected chi connectivity index (χ1v) is 11.0. The Kier molecular flexibility index (Phi) is 8.50. The number of amides is 1. The zero-order chi connectivity index (χ0) is 22.8. The number of unbranched alkanes of at least 4 members (excludes halogenated alkanes) is 1. The predicted octanol–water partition coefficient (Wildman–Crippen LogP) is 6.58. The zero-order valence-electron chi connectivity index (χ0n) is 19.1. The lowest BCUT2D eigenvalue weighted by molar-refractivity contribution is -0.111. The van der Waals surface area contributed by atoms with Gasteiger partial charge in [0.15, 0.2) is 11.5 Å². The molecule has 0 spiro atoms. The number of ether oxygens (including phenoxy) is 2. The molecule has 4 heteroatoms. The number of rotatable bonds is 10. The van der Waals surface area contributed by atoms with Crippen molar-refractivity contribution in [3.05, 3.63) is 95.1 Å². The summed E-state index contributed by atoms with van der Waals surface area (Å²) in [7, 11) is 1.61. The Labute approximate surface area is 190 Å². The van der Waals surface area contributed by atoms with Gasteiger partial charge in [-0.2, -0.15) is 0 Å². The molecule has 0 atom stereocenters. The third-order valence-corrected chi connectivity index (χ3v) is 5.30. The van der Waals surface area contributed by atoms with E-state index in [1.807, 2.05) is 42.5 Å².